The molecule has 0 radical (unpaired) electrons. The number of aromatic carboxylic acids is 1. The van der Waals surface area contributed by atoms with Crippen LogP contribution in [0, 0.1) is 0 Å². The molecule has 0 spiro atoms. The van der Waals surface area contributed by atoms with Crippen LogP contribution in [-0.2, 0) is 44.4 Å². The quantitative estimate of drug-likeness (QED) is 0.115. The summed E-state index contributed by atoms with van der Waals surface area (Å²) < 4.78 is 28.8. The van der Waals surface area contributed by atoms with Crippen molar-refractivity contribution in [2.24, 2.45) is 0 Å². The van der Waals surface area contributed by atoms with E-state index in [1.54, 1.807) is 95.9 Å². The Balaban J connectivity index is -0.000000666. The van der Waals surface area contributed by atoms with Gasteiger partial charge in [-0.15, -0.1) is 0 Å². The Morgan fingerprint density at radius 1 is 0.596 bits per heavy atom. The van der Waals surface area contributed by atoms with Gasteiger partial charge < -0.3 is 69.7 Å². The molecule has 4 atom stereocenters. The minimum atomic E-state index is -1.14. The number of carboxylic acids is 1. The van der Waals surface area contributed by atoms with Crippen molar-refractivity contribution in [1.29, 1.82) is 0 Å². The molecule has 4 unspecified atom stereocenters. The summed E-state index contributed by atoms with van der Waals surface area (Å²) in [6, 6.07) is 19.7. The lowest BCUT2D eigenvalue weighted by Crippen LogP contribution is -2.31. The molecule has 0 aliphatic rings. The zero-order chi connectivity index (χ0) is 44.5. The highest BCUT2D eigenvalue weighted by Gasteiger charge is 2.24. The summed E-state index contributed by atoms with van der Waals surface area (Å²) in [6.45, 7) is 4.69. The highest BCUT2D eigenvalue weighted by atomic mass is 16.7. The molecule has 17 nitrogen and oxygen atoms in total. The largest absolute Gasteiger partial charge is 0.508 e. The smallest absolute Gasteiger partial charge is 0.336 e. The minimum absolute atomic E-state index is 0.00463. The monoisotopic (exact) mass is 812 g/mol. The van der Waals surface area contributed by atoms with Gasteiger partial charge >= 0.3 is 5.97 Å². The number of methoxy groups -OCH3 is 6. The summed E-state index contributed by atoms with van der Waals surface area (Å²) >= 11 is 0. The van der Waals surface area contributed by atoms with Gasteiger partial charge in [-0.25, -0.2) is 4.79 Å². The number of nitrogens with one attached hydrogen (secondary N) is 2. The number of phenols is 2. The van der Waals surface area contributed by atoms with E-state index in [4.69, 9.17) is 28.8 Å². The molecule has 3 rings (SSSR count). The van der Waals surface area contributed by atoms with E-state index in [-0.39, 0.29) is 40.5 Å². The summed E-state index contributed by atoms with van der Waals surface area (Å²) in [5.74, 6) is -0.822. The van der Waals surface area contributed by atoms with Gasteiger partial charge in [-0.05, 0) is 30.7 Å². The van der Waals surface area contributed by atoms with Gasteiger partial charge in [-0.1, -0.05) is 54.6 Å². The Bertz CT molecular complexity index is 1470. The van der Waals surface area contributed by atoms with Crippen molar-refractivity contribution in [2.45, 2.75) is 64.2 Å². The molecule has 0 saturated carbocycles. The number of phenolic OH excluding ortho intramolecular Hbond substituents is 2. The maximum Gasteiger partial charge on any atom is 0.336 e. The Kier molecular flexibility index (Phi) is 34.3. The number of aliphatic hydroxyl groups excluding tert-OH is 3. The normalized spacial score (nSPS) is 12.0. The van der Waals surface area contributed by atoms with Crippen LogP contribution in [0.4, 0.5) is 0 Å². The molecule has 0 aliphatic carbocycles. The molecule has 0 saturated heterocycles. The minimum Gasteiger partial charge on any atom is -0.508 e. The first-order chi connectivity index (χ1) is 26.9. The SMILES string of the molecule is CNC(C)=O.CNC(C)=O.COC.COC(C)C(O)c1ccccc1O.COC(OC)C(O)Cc1ccccc1O.COC(OC)C(O)c1ccccc1C(=O)O. The van der Waals surface area contributed by atoms with E-state index in [1.165, 1.54) is 61.5 Å². The van der Waals surface area contributed by atoms with Gasteiger partial charge in [0.25, 0.3) is 0 Å². The molecular formula is C40H64N2O15. The van der Waals surface area contributed by atoms with E-state index in [0.717, 1.165) is 0 Å². The van der Waals surface area contributed by atoms with Crippen LogP contribution in [0.3, 0.4) is 0 Å². The predicted octanol–water partition coefficient (Wildman–Crippen LogP) is 3.18. The molecule has 0 bridgehead atoms. The van der Waals surface area contributed by atoms with Crippen molar-refractivity contribution in [2.75, 3.05) is 63.9 Å². The van der Waals surface area contributed by atoms with Crippen molar-refractivity contribution in [3.8, 4) is 11.5 Å². The van der Waals surface area contributed by atoms with Gasteiger partial charge in [0.1, 0.15) is 29.8 Å². The predicted molar refractivity (Wildman–Crippen MR) is 214 cm³/mol. The van der Waals surface area contributed by atoms with Crippen LogP contribution in [0.5, 0.6) is 11.5 Å². The molecule has 0 aromatic heterocycles. The third kappa shape index (κ3) is 25.2. The molecule has 17 heteroatoms. The number of ether oxygens (including phenoxy) is 6. The molecule has 324 valence electrons. The number of hydrogen-bond acceptors (Lipinski definition) is 14. The number of hydrogen-bond donors (Lipinski definition) is 8. The number of carbonyl (C=O) groups is 3. The number of carboxylic acid groups (broad SMARTS) is 1. The van der Waals surface area contributed by atoms with Gasteiger partial charge in [-0.2, -0.15) is 0 Å². The van der Waals surface area contributed by atoms with Gasteiger partial charge in [0.15, 0.2) is 12.6 Å². The molecule has 3 aromatic carbocycles. The van der Waals surface area contributed by atoms with Gasteiger partial charge in [0.05, 0.1) is 11.7 Å². The van der Waals surface area contributed by atoms with E-state index in [9.17, 15) is 39.9 Å². The highest BCUT2D eigenvalue weighted by molar-refractivity contribution is 5.89. The summed E-state index contributed by atoms with van der Waals surface area (Å²) in [4.78, 5) is 30.3. The van der Waals surface area contributed by atoms with Crippen molar-refractivity contribution in [3.05, 3.63) is 95.1 Å². The highest BCUT2D eigenvalue weighted by Crippen LogP contribution is 2.27. The number of para-hydroxylation sites is 2. The average molecular weight is 813 g/mol. The molecule has 3 aromatic rings. The molecule has 0 fully saturated rings. The second-order valence-electron chi connectivity index (χ2n) is 11.4. The Morgan fingerprint density at radius 2 is 0.982 bits per heavy atom. The third-order valence-corrected chi connectivity index (χ3v) is 7.21. The van der Waals surface area contributed by atoms with E-state index >= 15 is 0 Å². The van der Waals surface area contributed by atoms with Crippen molar-refractivity contribution < 1.29 is 73.4 Å². The van der Waals surface area contributed by atoms with Crippen molar-refractivity contribution in [1.82, 2.24) is 10.6 Å². The zero-order valence-corrected chi connectivity index (χ0v) is 35.0. The molecule has 57 heavy (non-hydrogen) atoms. The van der Waals surface area contributed by atoms with E-state index in [2.05, 4.69) is 15.4 Å². The Morgan fingerprint density at radius 3 is 1.35 bits per heavy atom. The Labute approximate surface area is 336 Å². The van der Waals surface area contributed by atoms with Gasteiger partial charge in [0, 0.05) is 95.3 Å². The van der Waals surface area contributed by atoms with Crippen LogP contribution in [0.1, 0.15) is 60.0 Å². The van der Waals surface area contributed by atoms with Crippen LogP contribution in [0.2, 0.25) is 0 Å². The zero-order valence-electron chi connectivity index (χ0n) is 35.0. The first-order valence-corrected chi connectivity index (χ1v) is 17.2. The average Bonchev–Trinajstić information content (AvgIpc) is 3.20. The van der Waals surface area contributed by atoms with Crippen LogP contribution in [0.25, 0.3) is 0 Å². The van der Waals surface area contributed by atoms with E-state index < -0.39 is 36.9 Å². The lowest BCUT2D eigenvalue weighted by Gasteiger charge is -2.21. The van der Waals surface area contributed by atoms with Crippen LogP contribution in [-0.4, -0.2) is 137 Å². The fraction of sp³-hybridized carbons (Fsp3) is 0.475. The number of amides is 2. The summed E-state index contributed by atoms with van der Waals surface area (Å²) in [7, 11) is 13.6. The van der Waals surface area contributed by atoms with Gasteiger partial charge in [0.2, 0.25) is 11.8 Å². The summed E-state index contributed by atoms with van der Waals surface area (Å²) in [5, 5.41) is 61.9. The fourth-order valence-electron chi connectivity index (χ4n) is 3.99. The first kappa shape index (κ1) is 56.6. The number of aromatic hydroxyl groups is 2. The Hall–Kier alpha value is -4.69. The summed E-state index contributed by atoms with van der Waals surface area (Å²) in [6.07, 6.45) is -4.32. The van der Waals surface area contributed by atoms with Crippen LogP contribution < -0.4 is 10.6 Å². The second-order valence-corrected chi connectivity index (χ2v) is 11.4. The first-order valence-electron chi connectivity index (χ1n) is 17.2. The van der Waals surface area contributed by atoms with Crippen LogP contribution in [0.15, 0.2) is 72.8 Å². The number of rotatable bonds is 13. The summed E-state index contributed by atoms with van der Waals surface area (Å²) in [5.41, 5.74) is 1.47. The van der Waals surface area contributed by atoms with Crippen molar-refractivity contribution in [3.63, 3.8) is 0 Å². The second kappa shape index (κ2) is 34.5. The van der Waals surface area contributed by atoms with Gasteiger partial charge in [-0.3, -0.25) is 9.59 Å². The molecule has 2 amide bonds. The van der Waals surface area contributed by atoms with E-state index in [0.29, 0.717) is 17.5 Å². The number of benzene rings is 3. The topological polar surface area (TPSA) is 252 Å². The standard InChI is InChI=1S/C11H14O5.C11H16O4.C10H14O3.2C3H7NO.C2H6O/c1-15-11(16-2)9(12)7-5-3-4-6-8(7)10(13)14;1-14-11(15-2)10(13)7-8-5-3-4-6-9(8)12;1-7(13-2)10(12)8-5-3-4-6-9(8)11;2*1-3(5)4-2;1-3-2/h3-6,9,11-12H,1-2H3,(H,13,14);3-6,10-13H,7H2,1-2H3;3-7,10-12H,1-2H3;2*1-2H3,(H,4,5);1-2H3. The van der Waals surface area contributed by atoms with Crippen molar-refractivity contribution >= 4 is 17.8 Å². The van der Waals surface area contributed by atoms with Crippen LogP contribution >= 0.6 is 0 Å². The number of aliphatic hydroxyl groups is 3. The number of carbonyl (C=O) groups excluding carboxylic acids is 2. The van der Waals surface area contributed by atoms with E-state index in [1.807, 2.05) is 0 Å². The molecular weight excluding hydrogens is 748 g/mol. The third-order valence-electron chi connectivity index (χ3n) is 7.21. The lowest BCUT2D eigenvalue weighted by atomic mass is 10.0. The molecule has 0 heterocycles. The lowest BCUT2D eigenvalue weighted by molar-refractivity contribution is -0.166. The molecule has 8 N–H and O–H groups in total. The maximum absolute atomic E-state index is 10.9. The maximum atomic E-state index is 10.9. The molecule has 0 aliphatic heterocycles. The fourth-order valence-corrected chi connectivity index (χ4v) is 3.99.